The van der Waals surface area contributed by atoms with Crippen LogP contribution in [0.25, 0.3) is 0 Å². The van der Waals surface area contributed by atoms with E-state index in [1.807, 2.05) is 66.7 Å². The quantitative estimate of drug-likeness (QED) is 0.170. The first-order chi connectivity index (χ1) is 26.7. The van der Waals surface area contributed by atoms with Gasteiger partial charge in [-0.1, -0.05) is 139 Å². The molecule has 0 amide bonds. The molecule has 0 saturated carbocycles. The molecule has 4 fully saturated rings. The van der Waals surface area contributed by atoms with Crippen LogP contribution in [0.15, 0.2) is 91.0 Å². The number of ether oxygens (including phenoxy) is 9. The minimum absolute atomic E-state index is 0.0303. The maximum Gasteiger partial charge on any atom is 0.185 e. The van der Waals surface area contributed by atoms with Crippen LogP contribution in [0.5, 0.6) is 0 Å². The monoisotopic (exact) mass is 758 g/mol. The van der Waals surface area contributed by atoms with Crippen molar-refractivity contribution in [1.29, 1.82) is 0 Å². The van der Waals surface area contributed by atoms with Crippen molar-refractivity contribution >= 4 is 0 Å². The van der Waals surface area contributed by atoms with Crippen molar-refractivity contribution in [3.8, 4) is 0 Å². The highest BCUT2D eigenvalue weighted by atomic mass is 16.8. The van der Waals surface area contributed by atoms with Crippen LogP contribution in [0.2, 0.25) is 0 Å². The molecular formula is C46H62O9. The zero-order valence-electron chi connectivity index (χ0n) is 33.6. The van der Waals surface area contributed by atoms with Gasteiger partial charge in [-0.25, -0.2) is 0 Å². The number of rotatable bonds is 13. The second-order valence-electron chi connectivity index (χ2n) is 16.2. The molecule has 0 radical (unpaired) electrons. The van der Waals surface area contributed by atoms with E-state index in [1.54, 1.807) is 0 Å². The molecule has 55 heavy (non-hydrogen) atoms. The summed E-state index contributed by atoms with van der Waals surface area (Å²) in [4.78, 5) is 0. The standard InChI is InChI=1S/C46H62O9/c1-8-36-39(28(3)30(5)43(50-36)48-26-34-21-15-11-16-22-34)53-44-31(6)29(4)40(37(9-2)51-44)55-46-42(47-25-33-19-13-10-14-20-33)32(7)41-38(52-46)27-49-45(54-41)35-23-17-12-18-24-35/h10-24,28-32,36-46H,8-9,25-27H2,1-7H3/t28-,29-,30?,31?,32+,36?,37?,38?,39+,40+,41+,42?,43-,44+,45?,46+/m1/s1. The Bertz CT molecular complexity index is 1570. The lowest BCUT2D eigenvalue weighted by Crippen LogP contribution is -2.62. The summed E-state index contributed by atoms with van der Waals surface area (Å²) in [6, 6.07) is 30.6. The Morgan fingerprint density at radius 1 is 0.509 bits per heavy atom. The lowest BCUT2D eigenvalue weighted by Gasteiger charge is -2.52. The molecule has 16 atom stereocenters. The van der Waals surface area contributed by atoms with Gasteiger partial charge in [0.1, 0.15) is 12.2 Å². The van der Waals surface area contributed by atoms with E-state index >= 15 is 0 Å². The summed E-state index contributed by atoms with van der Waals surface area (Å²) in [5.41, 5.74) is 3.22. The molecule has 4 aliphatic rings. The van der Waals surface area contributed by atoms with Gasteiger partial charge in [0.15, 0.2) is 25.2 Å². The zero-order valence-corrected chi connectivity index (χ0v) is 33.6. The zero-order chi connectivity index (χ0) is 38.5. The molecule has 7 rings (SSSR count). The van der Waals surface area contributed by atoms with Crippen LogP contribution in [-0.4, -0.2) is 68.2 Å². The molecule has 7 unspecified atom stereocenters. The average molecular weight is 759 g/mol. The van der Waals surface area contributed by atoms with Crippen molar-refractivity contribution in [2.45, 2.75) is 142 Å². The molecule has 9 heteroatoms. The maximum atomic E-state index is 7.07. The summed E-state index contributed by atoms with van der Waals surface area (Å²) in [6.45, 7) is 16.7. The Morgan fingerprint density at radius 3 is 1.60 bits per heavy atom. The number of hydrogen-bond acceptors (Lipinski definition) is 9. The van der Waals surface area contributed by atoms with Crippen LogP contribution in [0, 0.1) is 29.6 Å². The lowest BCUT2D eigenvalue weighted by molar-refractivity contribution is -0.381. The molecule has 4 saturated heterocycles. The van der Waals surface area contributed by atoms with Crippen molar-refractivity contribution in [1.82, 2.24) is 0 Å². The largest absolute Gasteiger partial charge is 0.368 e. The van der Waals surface area contributed by atoms with E-state index in [2.05, 4.69) is 72.7 Å². The Kier molecular flexibility index (Phi) is 13.8. The van der Waals surface area contributed by atoms with Crippen LogP contribution in [0.3, 0.4) is 0 Å². The molecule has 0 bridgehead atoms. The van der Waals surface area contributed by atoms with Crippen LogP contribution in [0.4, 0.5) is 0 Å². The molecule has 4 heterocycles. The Labute approximate surface area is 328 Å². The number of hydrogen-bond donors (Lipinski definition) is 0. The average Bonchev–Trinajstić information content (AvgIpc) is 3.22. The fourth-order valence-corrected chi connectivity index (χ4v) is 8.71. The van der Waals surface area contributed by atoms with E-state index in [-0.39, 0.29) is 78.6 Å². The second kappa shape index (κ2) is 18.7. The highest BCUT2D eigenvalue weighted by molar-refractivity contribution is 5.17. The molecule has 0 aromatic heterocycles. The molecule has 0 N–H and O–H groups in total. The topological polar surface area (TPSA) is 83.1 Å². The van der Waals surface area contributed by atoms with Gasteiger partial charge in [0.2, 0.25) is 0 Å². The van der Waals surface area contributed by atoms with Crippen molar-refractivity contribution in [3.63, 3.8) is 0 Å². The van der Waals surface area contributed by atoms with Crippen molar-refractivity contribution in [2.24, 2.45) is 29.6 Å². The third-order valence-corrected chi connectivity index (χ3v) is 12.6. The minimum Gasteiger partial charge on any atom is -0.368 e. The third-order valence-electron chi connectivity index (χ3n) is 12.6. The van der Waals surface area contributed by atoms with Gasteiger partial charge >= 0.3 is 0 Å². The SMILES string of the molecule is CCC1O[C@@H](OCc2ccccc2)C(C)[C@@H](C)[C@@H]1O[C@@H]1OC(CC)[C@@H](O[C@@H]2OC3COC(c4ccccc4)O[C@H]3[C@H](C)C2OCc2ccccc2)[C@H](C)C1C. The van der Waals surface area contributed by atoms with Gasteiger partial charge < -0.3 is 42.6 Å². The maximum absolute atomic E-state index is 7.07. The number of fused-ring (bicyclic) bond motifs is 1. The highest BCUT2D eigenvalue weighted by Gasteiger charge is 2.53. The van der Waals surface area contributed by atoms with E-state index in [0.29, 0.717) is 19.8 Å². The Hall–Kier alpha value is -2.70. The molecule has 9 nitrogen and oxygen atoms in total. The van der Waals surface area contributed by atoms with Crippen molar-refractivity contribution in [2.75, 3.05) is 6.61 Å². The summed E-state index contributed by atoms with van der Waals surface area (Å²) < 4.78 is 60.2. The van der Waals surface area contributed by atoms with E-state index in [4.69, 9.17) is 42.6 Å². The molecule has 3 aromatic rings. The van der Waals surface area contributed by atoms with Gasteiger partial charge in [0.25, 0.3) is 0 Å². The normalized spacial score (nSPS) is 39.3. The van der Waals surface area contributed by atoms with Gasteiger partial charge in [-0.15, -0.1) is 0 Å². The first-order valence-electron chi connectivity index (χ1n) is 20.7. The third kappa shape index (κ3) is 9.22. The van der Waals surface area contributed by atoms with E-state index in [9.17, 15) is 0 Å². The summed E-state index contributed by atoms with van der Waals surface area (Å²) >= 11 is 0. The molecule has 3 aromatic carbocycles. The minimum atomic E-state index is -0.639. The predicted molar refractivity (Wildman–Crippen MR) is 208 cm³/mol. The van der Waals surface area contributed by atoms with Gasteiger partial charge in [-0.3, -0.25) is 0 Å². The molecule has 0 spiro atoms. The van der Waals surface area contributed by atoms with Crippen LogP contribution in [0.1, 0.15) is 84.3 Å². The van der Waals surface area contributed by atoms with E-state index in [1.165, 1.54) is 0 Å². The summed E-state index contributed by atoms with van der Waals surface area (Å²) in [5.74, 6) is 0.468. The lowest BCUT2D eigenvalue weighted by atomic mass is 9.82. The summed E-state index contributed by atoms with van der Waals surface area (Å²) in [7, 11) is 0. The smallest absolute Gasteiger partial charge is 0.185 e. The summed E-state index contributed by atoms with van der Waals surface area (Å²) in [5, 5.41) is 0. The van der Waals surface area contributed by atoms with E-state index in [0.717, 1.165) is 29.5 Å². The number of benzene rings is 3. The van der Waals surface area contributed by atoms with Crippen LogP contribution >= 0.6 is 0 Å². The van der Waals surface area contributed by atoms with Gasteiger partial charge in [-0.2, -0.15) is 0 Å². The second-order valence-corrected chi connectivity index (χ2v) is 16.2. The molecule has 0 aliphatic carbocycles. The fraction of sp³-hybridized carbons (Fsp3) is 0.609. The molecule has 4 aliphatic heterocycles. The summed E-state index contributed by atoms with van der Waals surface area (Å²) in [6.07, 6.45) is -1.83. The first-order valence-corrected chi connectivity index (χ1v) is 20.7. The van der Waals surface area contributed by atoms with Crippen LogP contribution in [-0.2, 0) is 55.8 Å². The van der Waals surface area contributed by atoms with Crippen LogP contribution < -0.4 is 0 Å². The van der Waals surface area contributed by atoms with Gasteiger partial charge in [-0.05, 0) is 35.8 Å². The molecule has 300 valence electrons. The van der Waals surface area contributed by atoms with Crippen molar-refractivity contribution in [3.05, 3.63) is 108 Å². The predicted octanol–water partition coefficient (Wildman–Crippen LogP) is 8.85. The van der Waals surface area contributed by atoms with Crippen molar-refractivity contribution < 1.29 is 42.6 Å². The molecular weight excluding hydrogens is 696 g/mol. The fourth-order valence-electron chi connectivity index (χ4n) is 8.71. The Balaban J connectivity index is 1.03. The highest BCUT2D eigenvalue weighted by Crippen LogP contribution is 2.43. The van der Waals surface area contributed by atoms with Gasteiger partial charge in [0.05, 0.1) is 50.3 Å². The van der Waals surface area contributed by atoms with E-state index < -0.39 is 18.9 Å². The van der Waals surface area contributed by atoms with Gasteiger partial charge in [0, 0.05) is 23.3 Å². The Morgan fingerprint density at radius 2 is 1.02 bits per heavy atom. The first kappa shape index (κ1) is 40.5.